The Morgan fingerprint density at radius 3 is 2.67 bits per heavy atom. The lowest BCUT2D eigenvalue weighted by atomic mass is 9.93. The molecule has 0 unspecified atom stereocenters. The first-order valence-corrected chi connectivity index (χ1v) is 8.90. The second-order valence-corrected chi connectivity index (χ2v) is 7.43. The Morgan fingerprint density at radius 2 is 2.04 bits per heavy atom. The van der Waals surface area contributed by atoms with Crippen molar-refractivity contribution in [2.24, 2.45) is 11.7 Å². The van der Waals surface area contributed by atoms with Gasteiger partial charge >= 0.3 is 6.09 Å². The lowest BCUT2D eigenvalue weighted by Crippen LogP contribution is -2.43. The highest BCUT2D eigenvalue weighted by atomic mass is 16.5. The molecule has 2 rings (SSSR count). The van der Waals surface area contributed by atoms with Crippen molar-refractivity contribution >= 4 is 11.9 Å². The molecule has 0 saturated carbocycles. The molecule has 0 spiro atoms. The molecular formula is C20H28N4O3. The quantitative estimate of drug-likeness (QED) is 0.767. The summed E-state index contributed by atoms with van der Waals surface area (Å²) in [7, 11) is 1.30. The lowest BCUT2D eigenvalue weighted by Gasteiger charge is -2.26. The van der Waals surface area contributed by atoms with E-state index in [1.54, 1.807) is 18.5 Å². The highest BCUT2D eigenvalue weighted by Gasteiger charge is 2.21. The molecular weight excluding hydrogens is 344 g/mol. The average Bonchev–Trinajstić information content (AvgIpc) is 2.59. The minimum absolute atomic E-state index is 0.402. The van der Waals surface area contributed by atoms with Gasteiger partial charge in [-0.05, 0) is 49.9 Å². The average molecular weight is 372 g/mol. The SMILES string of the molecule is COC(=O)Nc1cc(-c2cnc(OC[C@@](C)(N)CC(C)C)c(C)c2)ccn1. The second-order valence-electron chi connectivity index (χ2n) is 7.43. The molecule has 7 nitrogen and oxygen atoms in total. The number of amides is 1. The van der Waals surface area contributed by atoms with Gasteiger partial charge < -0.3 is 15.2 Å². The molecule has 0 radical (unpaired) electrons. The second kappa shape index (κ2) is 8.81. The van der Waals surface area contributed by atoms with Crippen LogP contribution in [-0.2, 0) is 4.74 Å². The zero-order valence-electron chi connectivity index (χ0n) is 16.6. The predicted octanol–water partition coefficient (Wildman–Crippen LogP) is 3.77. The Kier molecular flexibility index (Phi) is 6.74. The van der Waals surface area contributed by atoms with E-state index in [1.165, 1.54) is 7.11 Å². The van der Waals surface area contributed by atoms with E-state index in [1.807, 2.05) is 26.0 Å². The minimum Gasteiger partial charge on any atom is -0.476 e. The number of aromatic nitrogens is 2. The van der Waals surface area contributed by atoms with E-state index in [-0.39, 0.29) is 0 Å². The van der Waals surface area contributed by atoms with Crippen LogP contribution in [0.2, 0.25) is 0 Å². The minimum atomic E-state index is -0.566. The van der Waals surface area contributed by atoms with Gasteiger partial charge in [-0.25, -0.2) is 14.8 Å². The molecule has 0 bridgehead atoms. The monoisotopic (exact) mass is 372 g/mol. The summed E-state index contributed by atoms with van der Waals surface area (Å²) in [5, 5.41) is 2.55. The Labute approximate surface area is 160 Å². The number of nitrogens with two attached hydrogens (primary N) is 1. The van der Waals surface area contributed by atoms with Gasteiger partial charge in [0.2, 0.25) is 5.88 Å². The summed E-state index contributed by atoms with van der Waals surface area (Å²) in [6, 6.07) is 5.59. The zero-order chi connectivity index (χ0) is 20.0. The van der Waals surface area contributed by atoms with Crippen molar-refractivity contribution < 1.29 is 14.3 Å². The molecule has 0 aromatic carbocycles. The number of carbonyl (C=O) groups is 1. The van der Waals surface area contributed by atoms with Gasteiger partial charge in [0.05, 0.1) is 7.11 Å². The van der Waals surface area contributed by atoms with Gasteiger partial charge in [-0.3, -0.25) is 5.32 Å². The summed E-state index contributed by atoms with van der Waals surface area (Å²) >= 11 is 0. The molecule has 1 atom stereocenters. The molecule has 27 heavy (non-hydrogen) atoms. The van der Waals surface area contributed by atoms with Gasteiger partial charge in [-0.15, -0.1) is 0 Å². The highest BCUT2D eigenvalue weighted by molar-refractivity contribution is 5.84. The van der Waals surface area contributed by atoms with Gasteiger partial charge in [-0.2, -0.15) is 0 Å². The molecule has 1 amide bonds. The van der Waals surface area contributed by atoms with Crippen LogP contribution in [-0.4, -0.2) is 35.3 Å². The van der Waals surface area contributed by atoms with Crippen molar-refractivity contribution in [2.75, 3.05) is 19.0 Å². The fourth-order valence-electron chi connectivity index (χ4n) is 2.93. The van der Waals surface area contributed by atoms with E-state index in [2.05, 4.69) is 33.9 Å². The van der Waals surface area contributed by atoms with Gasteiger partial charge in [0.1, 0.15) is 12.4 Å². The van der Waals surface area contributed by atoms with E-state index in [9.17, 15) is 4.79 Å². The van der Waals surface area contributed by atoms with E-state index >= 15 is 0 Å². The Hall–Kier alpha value is -2.67. The summed E-state index contributed by atoms with van der Waals surface area (Å²) < 4.78 is 10.4. The van der Waals surface area contributed by atoms with Crippen LogP contribution in [0.15, 0.2) is 30.6 Å². The molecule has 146 valence electrons. The molecule has 2 heterocycles. The third kappa shape index (κ3) is 6.21. The number of pyridine rings is 2. The van der Waals surface area contributed by atoms with E-state index in [0.717, 1.165) is 23.1 Å². The van der Waals surface area contributed by atoms with Crippen LogP contribution in [0.4, 0.5) is 10.6 Å². The van der Waals surface area contributed by atoms with Crippen LogP contribution in [0.3, 0.4) is 0 Å². The molecule has 0 fully saturated rings. The van der Waals surface area contributed by atoms with Crippen molar-refractivity contribution in [2.45, 2.75) is 39.7 Å². The zero-order valence-corrected chi connectivity index (χ0v) is 16.6. The number of nitrogens with one attached hydrogen (secondary N) is 1. The van der Waals surface area contributed by atoms with E-state index in [0.29, 0.717) is 24.2 Å². The fraction of sp³-hybridized carbons (Fsp3) is 0.450. The number of rotatable bonds is 7. The Bertz CT molecular complexity index is 791. The topological polar surface area (TPSA) is 99.4 Å². The summed E-state index contributed by atoms with van der Waals surface area (Å²) in [6.07, 6.45) is 3.66. The Morgan fingerprint density at radius 1 is 1.30 bits per heavy atom. The van der Waals surface area contributed by atoms with Crippen molar-refractivity contribution in [3.05, 3.63) is 36.2 Å². The number of methoxy groups -OCH3 is 1. The first-order valence-electron chi connectivity index (χ1n) is 8.90. The van der Waals surface area contributed by atoms with Crippen molar-refractivity contribution in [1.82, 2.24) is 9.97 Å². The van der Waals surface area contributed by atoms with Crippen LogP contribution < -0.4 is 15.8 Å². The number of carbonyl (C=O) groups excluding carboxylic acids is 1. The Balaban J connectivity index is 2.12. The van der Waals surface area contributed by atoms with E-state index in [4.69, 9.17) is 10.5 Å². The highest BCUT2D eigenvalue weighted by Crippen LogP contribution is 2.26. The van der Waals surface area contributed by atoms with Crippen molar-refractivity contribution in [1.29, 1.82) is 0 Å². The molecule has 0 saturated heterocycles. The first-order chi connectivity index (χ1) is 12.7. The van der Waals surface area contributed by atoms with Crippen LogP contribution in [0.5, 0.6) is 5.88 Å². The molecule has 0 aliphatic rings. The van der Waals surface area contributed by atoms with Gasteiger partial charge in [0.15, 0.2) is 0 Å². The number of aryl methyl sites for hydroxylation is 1. The van der Waals surface area contributed by atoms with Crippen LogP contribution in [0.1, 0.15) is 32.8 Å². The lowest BCUT2D eigenvalue weighted by molar-refractivity contribution is 0.187. The van der Waals surface area contributed by atoms with Gasteiger partial charge in [0, 0.05) is 29.1 Å². The van der Waals surface area contributed by atoms with Crippen LogP contribution >= 0.6 is 0 Å². The number of ether oxygens (including phenoxy) is 2. The number of nitrogens with zero attached hydrogens (tertiary/aromatic N) is 2. The molecule has 2 aromatic heterocycles. The first kappa shape index (κ1) is 20.6. The third-order valence-corrected chi connectivity index (χ3v) is 3.95. The maximum Gasteiger partial charge on any atom is 0.412 e. The third-order valence-electron chi connectivity index (χ3n) is 3.95. The molecule has 2 aromatic rings. The summed E-state index contributed by atoms with van der Waals surface area (Å²) in [4.78, 5) is 19.9. The molecule has 0 aliphatic carbocycles. The molecule has 7 heteroatoms. The maximum absolute atomic E-state index is 11.3. The summed E-state index contributed by atoms with van der Waals surface area (Å²) in [5.41, 5.74) is 8.58. The van der Waals surface area contributed by atoms with Crippen molar-refractivity contribution in [3.63, 3.8) is 0 Å². The van der Waals surface area contributed by atoms with Gasteiger partial charge in [-0.1, -0.05) is 13.8 Å². The standard InChI is InChI=1S/C20H28N4O3/c1-13(2)10-20(4,21)12-27-18-14(3)8-16(11-23-18)15-6-7-22-17(9-15)24-19(25)26-5/h6-9,11,13H,10,12,21H2,1-5H3,(H,22,24,25)/t20-/m0/s1. The largest absolute Gasteiger partial charge is 0.476 e. The maximum atomic E-state index is 11.3. The normalized spacial score (nSPS) is 13.1. The summed E-state index contributed by atoms with van der Waals surface area (Å²) in [6.45, 7) is 8.62. The van der Waals surface area contributed by atoms with Crippen molar-refractivity contribution in [3.8, 4) is 17.0 Å². The number of hydrogen-bond donors (Lipinski definition) is 2. The predicted molar refractivity (Wildman–Crippen MR) is 106 cm³/mol. The number of anilines is 1. The van der Waals surface area contributed by atoms with E-state index < -0.39 is 11.6 Å². The molecule has 3 N–H and O–H groups in total. The van der Waals surface area contributed by atoms with Crippen LogP contribution in [0.25, 0.3) is 11.1 Å². The van der Waals surface area contributed by atoms with Crippen LogP contribution in [0, 0.1) is 12.8 Å². The fourth-order valence-corrected chi connectivity index (χ4v) is 2.93. The number of hydrogen-bond acceptors (Lipinski definition) is 6. The summed E-state index contributed by atoms with van der Waals surface area (Å²) in [5.74, 6) is 1.48. The molecule has 0 aliphatic heterocycles. The van der Waals surface area contributed by atoms with Gasteiger partial charge in [0.25, 0.3) is 0 Å². The smallest absolute Gasteiger partial charge is 0.412 e.